The summed E-state index contributed by atoms with van der Waals surface area (Å²) >= 11 is 13.1. The van der Waals surface area contributed by atoms with Crippen molar-refractivity contribution in [3.63, 3.8) is 0 Å². The second kappa shape index (κ2) is 9.15. The summed E-state index contributed by atoms with van der Waals surface area (Å²) in [5, 5.41) is 9.06. The number of nitrogens with zero attached hydrogens (tertiary/aromatic N) is 3. The third-order valence-electron chi connectivity index (χ3n) is 3.72. The molecule has 3 rings (SSSR count). The lowest BCUT2D eigenvalue weighted by atomic mass is 10.2. The molecule has 28 heavy (non-hydrogen) atoms. The van der Waals surface area contributed by atoms with Crippen molar-refractivity contribution >= 4 is 35.0 Å². The maximum Gasteiger partial charge on any atom is 0.417 e. The Labute approximate surface area is 173 Å². The lowest BCUT2D eigenvalue weighted by Crippen LogP contribution is -2.05. The molecule has 0 saturated carbocycles. The first-order valence-electron chi connectivity index (χ1n) is 8.27. The number of alkyl halides is 3. The molecule has 0 spiro atoms. The van der Waals surface area contributed by atoms with Crippen LogP contribution in [0, 0.1) is 0 Å². The number of thioether (sulfide) groups is 1. The van der Waals surface area contributed by atoms with Crippen molar-refractivity contribution in [1.82, 2.24) is 15.2 Å². The van der Waals surface area contributed by atoms with E-state index in [1.807, 2.05) is 0 Å². The highest BCUT2D eigenvalue weighted by molar-refractivity contribution is 7.99. The molecule has 0 radical (unpaired) electrons. The molecule has 0 unspecified atom stereocenters. The van der Waals surface area contributed by atoms with Crippen LogP contribution in [0.4, 0.5) is 13.2 Å². The highest BCUT2D eigenvalue weighted by Crippen LogP contribution is 2.34. The number of pyridine rings is 1. The Morgan fingerprint density at radius 1 is 1.04 bits per heavy atom. The molecule has 0 N–H and O–H groups in total. The third-order valence-corrected chi connectivity index (χ3v) is 5.46. The zero-order valence-corrected chi connectivity index (χ0v) is 16.7. The van der Waals surface area contributed by atoms with Gasteiger partial charge in [-0.3, -0.25) is 0 Å². The standard InChI is InChI=1S/C18H14Cl2F3N3OS/c19-13-6-4-11(5-7-13)16-26-25-15(27-16)3-1-2-8-28-17-14(20)9-12(10-24-17)18(21,22)23/h4-7,9-10H,1-3,8H2. The minimum absolute atomic E-state index is 0.00401. The quantitative estimate of drug-likeness (QED) is 0.302. The molecule has 2 heterocycles. The predicted octanol–water partition coefficient (Wildman–Crippen LogP) is 6.57. The van der Waals surface area contributed by atoms with E-state index in [2.05, 4.69) is 15.2 Å². The molecule has 0 fully saturated rings. The van der Waals surface area contributed by atoms with E-state index < -0.39 is 11.7 Å². The van der Waals surface area contributed by atoms with E-state index in [1.54, 1.807) is 24.3 Å². The monoisotopic (exact) mass is 447 g/mol. The van der Waals surface area contributed by atoms with Crippen molar-refractivity contribution in [3.8, 4) is 11.5 Å². The number of halogens is 5. The molecule has 0 aliphatic rings. The van der Waals surface area contributed by atoms with Gasteiger partial charge in [0.2, 0.25) is 11.8 Å². The van der Waals surface area contributed by atoms with Crippen LogP contribution in [0.2, 0.25) is 10.0 Å². The number of aryl methyl sites for hydroxylation is 1. The minimum atomic E-state index is -4.45. The molecule has 4 nitrogen and oxygen atoms in total. The van der Waals surface area contributed by atoms with Gasteiger partial charge in [0.1, 0.15) is 5.03 Å². The van der Waals surface area contributed by atoms with Gasteiger partial charge in [0.15, 0.2) is 0 Å². The Morgan fingerprint density at radius 2 is 1.79 bits per heavy atom. The van der Waals surface area contributed by atoms with Gasteiger partial charge in [-0.1, -0.05) is 23.2 Å². The summed E-state index contributed by atoms with van der Waals surface area (Å²) in [4.78, 5) is 3.80. The van der Waals surface area contributed by atoms with Crippen LogP contribution < -0.4 is 0 Å². The van der Waals surface area contributed by atoms with Gasteiger partial charge < -0.3 is 4.42 Å². The van der Waals surface area contributed by atoms with Gasteiger partial charge in [0, 0.05) is 23.2 Å². The topological polar surface area (TPSA) is 51.8 Å². The summed E-state index contributed by atoms with van der Waals surface area (Å²) in [5.74, 6) is 1.62. The van der Waals surface area contributed by atoms with E-state index in [1.165, 1.54) is 11.8 Å². The fourth-order valence-electron chi connectivity index (χ4n) is 2.30. The first kappa shape index (κ1) is 21.0. The number of hydrogen-bond acceptors (Lipinski definition) is 5. The largest absolute Gasteiger partial charge is 0.421 e. The van der Waals surface area contributed by atoms with E-state index >= 15 is 0 Å². The van der Waals surface area contributed by atoms with Crippen LogP contribution in [0.5, 0.6) is 0 Å². The highest BCUT2D eigenvalue weighted by atomic mass is 35.5. The van der Waals surface area contributed by atoms with Crippen LogP contribution in [0.1, 0.15) is 24.3 Å². The first-order chi connectivity index (χ1) is 13.3. The number of rotatable bonds is 7. The Bertz CT molecular complexity index is 933. The zero-order valence-electron chi connectivity index (χ0n) is 14.3. The molecule has 0 amide bonds. The highest BCUT2D eigenvalue weighted by Gasteiger charge is 2.31. The maximum absolute atomic E-state index is 12.6. The number of unbranched alkanes of at least 4 members (excludes halogenated alkanes) is 1. The Morgan fingerprint density at radius 3 is 2.46 bits per heavy atom. The van der Waals surface area contributed by atoms with Gasteiger partial charge in [-0.25, -0.2) is 4.98 Å². The van der Waals surface area contributed by atoms with Crippen LogP contribution in [0.3, 0.4) is 0 Å². The summed E-state index contributed by atoms with van der Waals surface area (Å²) < 4.78 is 43.5. The molecule has 0 aliphatic heterocycles. The lowest BCUT2D eigenvalue weighted by molar-refractivity contribution is -0.137. The van der Waals surface area contributed by atoms with Crippen LogP contribution in [-0.4, -0.2) is 20.9 Å². The van der Waals surface area contributed by atoms with Crippen molar-refractivity contribution in [2.24, 2.45) is 0 Å². The molecule has 2 aromatic heterocycles. The van der Waals surface area contributed by atoms with Gasteiger partial charge >= 0.3 is 6.18 Å². The van der Waals surface area contributed by atoms with E-state index in [0.717, 1.165) is 30.7 Å². The zero-order chi connectivity index (χ0) is 20.1. The summed E-state index contributed by atoms with van der Waals surface area (Å²) in [6, 6.07) is 8.00. The molecule has 148 valence electrons. The van der Waals surface area contributed by atoms with Crippen LogP contribution in [0.15, 0.2) is 46.0 Å². The summed E-state index contributed by atoms with van der Waals surface area (Å²) in [6.07, 6.45) is -1.47. The molecule has 0 aliphatic carbocycles. The Kier molecular flexibility index (Phi) is 6.85. The minimum Gasteiger partial charge on any atom is -0.421 e. The third kappa shape index (κ3) is 5.62. The van der Waals surface area contributed by atoms with Gasteiger partial charge in [0.05, 0.1) is 10.6 Å². The van der Waals surface area contributed by atoms with Gasteiger partial charge in [-0.2, -0.15) is 13.2 Å². The van der Waals surface area contributed by atoms with Gasteiger partial charge in [0.25, 0.3) is 0 Å². The first-order valence-corrected chi connectivity index (χ1v) is 10.0. The molecular formula is C18H14Cl2F3N3OS. The van der Waals surface area contributed by atoms with E-state index in [9.17, 15) is 13.2 Å². The van der Waals surface area contributed by atoms with Crippen molar-refractivity contribution in [2.75, 3.05) is 5.75 Å². The number of benzene rings is 1. The van der Waals surface area contributed by atoms with Crippen LogP contribution in [-0.2, 0) is 12.6 Å². The number of hydrogen-bond donors (Lipinski definition) is 0. The molecule has 3 aromatic rings. The number of aromatic nitrogens is 3. The fraction of sp³-hybridized carbons (Fsp3) is 0.278. The smallest absolute Gasteiger partial charge is 0.417 e. The second-order valence-electron chi connectivity index (χ2n) is 5.82. The molecule has 0 saturated heterocycles. The normalized spacial score (nSPS) is 11.8. The van der Waals surface area contributed by atoms with Crippen LogP contribution >= 0.6 is 35.0 Å². The van der Waals surface area contributed by atoms with Crippen LogP contribution in [0.25, 0.3) is 11.5 Å². The van der Waals surface area contributed by atoms with E-state index in [-0.39, 0.29) is 5.02 Å². The van der Waals surface area contributed by atoms with Gasteiger partial charge in [-0.15, -0.1) is 22.0 Å². The maximum atomic E-state index is 12.6. The Hall–Kier alpha value is -1.77. The van der Waals surface area contributed by atoms with Crippen molar-refractivity contribution in [3.05, 3.63) is 58.0 Å². The van der Waals surface area contributed by atoms with E-state index in [4.69, 9.17) is 27.6 Å². The summed E-state index contributed by atoms with van der Waals surface area (Å²) in [7, 11) is 0. The van der Waals surface area contributed by atoms with Crippen molar-refractivity contribution in [1.29, 1.82) is 0 Å². The molecule has 10 heteroatoms. The lowest BCUT2D eigenvalue weighted by Gasteiger charge is -2.08. The molecule has 1 aromatic carbocycles. The van der Waals surface area contributed by atoms with E-state index in [0.29, 0.717) is 34.0 Å². The molecule has 0 atom stereocenters. The Balaban J connectivity index is 1.45. The predicted molar refractivity (Wildman–Crippen MR) is 103 cm³/mol. The SMILES string of the molecule is FC(F)(F)c1cnc(SCCCCc2nnc(-c3ccc(Cl)cc3)o2)c(Cl)c1. The van der Waals surface area contributed by atoms with Crippen molar-refractivity contribution < 1.29 is 17.6 Å². The molecular weight excluding hydrogens is 434 g/mol. The summed E-state index contributed by atoms with van der Waals surface area (Å²) in [6.45, 7) is 0. The van der Waals surface area contributed by atoms with Crippen molar-refractivity contribution in [2.45, 2.75) is 30.5 Å². The molecule has 0 bridgehead atoms. The van der Waals surface area contributed by atoms with Gasteiger partial charge in [-0.05, 0) is 48.9 Å². The fourth-order valence-corrected chi connectivity index (χ4v) is 3.62. The average Bonchev–Trinajstić information content (AvgIpc) is 3.11. The summed E-state index contributed by atoms with van der Waals surface area (Å²) in [5.41, 5.74) is -0.0588. The second-order valence-corrected chi connectivity index (χ2v) is 7.75. The average molecular weight is 448 g/mol.